The molecule has 4 aromatic rings. The van der Waals surface area contributed by atoms with Gasteiger partial charge in [-0.2, -0.15) is 4.98 Å². The van der Waals surface area contributed by atoms with Crippen LogP contribution < -0.4 is 20.7 Å². The minimum Gasteiger partial charge on any atom is -0.491 e. The molecule has 0 bridgehead atoms. The number of benzene rings is 2. The highest BCUT2D eigenvalue weighted by molar-refractivity contribution is 5.71. The number of H-pyrrole nitrogens is 1. The van der Waals surface area contributed by atoms with Crippen molar-refractivity contribution in [1.29, 1.82) is 0 Å². The molecule has 0 spiro atoms. The van der Waals surface area contributed by atoms with Crippen molar-refractivity contribution >= 4 is 11.2 Å². The van der Waals surface area contributed by atoms with Crippen molar-refractivity contribution in [3.05, 3.63) is 80.0 Å². The molecule has 0 unspecified atom stereocenters. The van der Waals surface area contributed by atoms with Crippen molar-refractivity contribution in [3.8, 4) is 17.5 Å². The molecular formula is C24H26N4O5. The zero-order valence-electron chi connectivity index (χ0n) is 19.0. The predicted octanol–water partition coefficient (Wildman–Crippen LogP) is 2.58. The van der Waals surface area contributed by atoms with E-state index in [-0.39, 0.29) is 30.3 Å². The van der Waals surface area contributed by atoms with Gasteiger partial charge in [-0.15, -0.1) is 0 Å². The van der Waals surface area contributed by atoms with E-state index in [1.165, 1.54) is 16.2 Å². The van der Waals surface area contributed by atoms with Crippen LogP contribution in [0.15, 0.2) is 52.1 Å². The van der Waals surface area contributed by atoms with E-state index in [2.05, 4.69) is 9.97 Å². The van der Waals surface area contributed by atoms with Gasteiger partial charge in [-0.3, -0.25) is 18.9 Å². The lowest BCUT2D eigenvalue weighted by molar-refractivity contribution is 0.0915. The fourth-order valence-corrected chi connectivity index (χ4v) is 3.43. The second kappa shape index (κ2) is 8.95. The Morgan fingerprint density at radius 3 is 2.42 bits per heavy atom. The number of nitrogens with zero attached hydrogens (tertiary/aromatic N) is 3. The molecule has 0 aliphatic carbocycles. The molecule has 0 saturated carbocycles. The number of aromatic nitrogens is 4. The van der Waals surface area contributed by atoms with Crippen LogP contribution in [0.1, 0.15) is 16.7 Å². The maximum Gasteiger partial charge on any atom is 0.329 e. The molecule has 2 heterocycles. The van der Waals surface area contributed by atoms with E-state index in [0.29, 0.717) is 11.5 Å². The fourth-order valence-electron chi connectivity index (χ4n) is 3.43. The molecule has 2 aromatic heterocycles. The number of imidazole rings is 1. The largest absolute Gasteiger partial charge is 0.491 e. The number of aromatic amines is 1. The van der Waals surface area contributed by atoms with Gasteiger partial charge in [-0.05, 0) is 56.2 Å². The van der Waals surface area contributed by atoms with E-state index in [9.17, 15) is 14.7 Å². The third-order valence-corrected chi connectivity index (χ3v) is 5.52. The number of rotatable bonds is 7. The number of hydrogen-bond acceptors (Lipinski definition) is 6. The molecule has 9 nitrogen and oxygen atoms in total. The number of fused-ring (bicyclic) bond motifs is 1. The highest BCUT2D eigenvalue weighted by Crippen LogP contribution is 2.25. The van der Waals surface area contributed by atoms with Gasteiger partial charge in [0.15, 0.2) is 11.2 Å². The summed E-state index contributed by atoms with van der Waals surface area (Å²) in [5.41, 5.74) is 2.39. The predicted molar refractivity (Wildman–Crippen MR) is 124 cm³/mol. The van der Waals surface area contributed by atoms with Gasteiger partial charge in [-0.25, -0.2) is 4.79 Å². The van der Waals surface area contributed by atoms with Crippen LogP contribution in [0.4, 0.5) is 0 Å². The summed E-state index contributed by atoms with van der Waals surface area (Å²) in [6.07, 6.45) is -0.971. The summed E-state index contributed by atoms with van der Waals surface area (Å²) in [5.74, 6) is 1.16. The lowest BCUT2D eigenvalue weighted by Gasteiger charge is -2.16. The van der Waals surface area contributed by atoms with Crippen LogP contribution in [0.2, 0.25) is 0 Å². The Labute approximate surface area is 189 Å². The lowest BCUT2D eigenvalue weighted by atomic mass is 10.1. The molecule has 2 N–H and O–H groups in total. The van der Waals surface area contributed by atoms with Crippen LogP contribution in [-0.2, 0) is 13.6 Å². The van der Waals surface area contributed by atoms with Gasteiger partial charge in [0.2, 0.25) is 0 Å². The molecule has 0 fully saturated rings. The van der Waals surface area contributed by atoms with Crippen molar-refractivity contribution in [2.45, 2.75) is 33.4 Å². The second-order valence-corrected chi connectivity index (χ2v) is 8.12. The first-order chi connectivity index (χ1) is 15.7. The van der Waals surface area contributed by atoms with Crippen molar-refractivity contribution in [2.75, 3.05) is 6.61 Å². The molecule has 0 aliphatic heterocycles. The number of aryl methyl sites for hydroxylation is 4. The Balaban J connectivity index is 1.65. The lowest BCUT2D eigenvalue weighted by Crippen LogP contribution is -2.30. The van der Waals surface area contributed by atoms with Crippen LogP contribution in [0, 0.1) is 20.8 Å². The Hall–Kier alpha value is -3.85. The van der Waals surface area contributed by atoms with Crippen LogP contribution in [0.3, 0.4) is 0 Å². The topological polar surface area (TPSA) is 111 Å². The minimum atomic E-state index is -0.971. The summed E-state index contributed by atoms with van der Waals surface area (Å²) >= 11 is 0. The van der Waals surface area contributed by atoms with Crippen LogP contribution in [0.5, 0.6) is 17.5 Å². The average molecular weight is 450 g/mol. The monoisotopic (exact) mass is 450 g/mol. The summed E-state index contributed by atoms with van der Waals surface area (Å²) in [6, 6.07) is 13.1. The zero-order chi connectivity index (χ0) is 23.7. The molecule has 1 atom stereocenters. The normalized spacial score (nSPS) is 12.2. The number of nitrogens with one attached hydrogen (secondary N) is 1. The van der Waals surface area contributed by atoms with E-state index in [4.69, 9.17) is 9.47 Å². The van der Waals surface area contributed by atoms with Crippen LogP contribution in [-0.4, -0.2) is 36.9 Å². The van der Waals surface area contributed by atoms with Gasteiger partial charge in [0, 0.05) is 7.05 Å². The smallest absolute Gasteiger partial charge is 0.329 e. The standard InChI is InChI=1S/C24H26N4O5/c1-14-5-8-18(9-6-14)33-24-25-21-20(22(30)26-23(31)27(21)4)28(24)12-17(29)13-32-19-10-7-15(2)16(3)11-19/h5-11,17,29H,12-13H2,1-4H3,(H,26,30,31)/t17-/m0/s1. The summed E-state index contributed by atoms with van der Waals surface area (Å²) < 4.78 is 14.4. The SMILES string of the molecule is Cc1ccc(Oc2nc3c(c(=O)[nH]c(=O)n3C)n2C[C@H](O)COc2ccc(C)c(C)c2)cc1. The van der Waals surface area contributed by atoms with Crippen molar-refractivity contribution < 1.29 is 14.6 Å². The molecule has 33 heavy (non-hydrogen) atoms. The first-order valence-electron chi connectivity index (χ1n) is 10.5. The molecule has 0 saturated heterocycles. The molecule has 4 rings (SSSR count). The van der Waals surface area contributed by atoms with Gasteiger partial charge >= 0.3 is 11.7 Å². The summed E-state index contributed by atoms with van der Waals surface area (Å²) in [4.78, 5) is 31.3. The van der Waals surface area contributed by atoms with Gasteiger partial charge < -0.3 is 14.6 Å². The highest BCUT2D eigenvalue weighted by Gasteiger charge is 2.21. The zero-order valence-corrected chi connectivity index (χ0v) is 19.0. The summed E-state index contributed by atoms with van der Waals surface area (Å²) in [6.45, 7) is 5.93. The van der Waals surface area contributed by atoms with Gasteiger partial charge in [0.25, 0.3) is 5.56 Å². The average Bonchev–Trinajstić information content (AvgIpc) is 3.13. The summed E-state index contributed by atoms with van der Waals surface area (Å²) in [7, 11) is 1.51. The van der Waals surface area contributed by atoms with Gasteiger partial charge in [0.1, 0.15) is 24.2 Å². The quantitative estimate of drug-likeness (QED) is 0.448. The Bertz CT molecular complexity index is 1420. The van der Waals surface area contributed by atoms with Crippen molar-refractivity contribution in [1.82, 2.24) is 19.1 Å². The second-order valence-electron chi connectivity index (χ2n) is 8.12. The first-order valence-corrected chi connectivity index (χ1v) is 10.5. The minimum absolute atomic E-state index is 0.00415. The highest BCUT2D eigenvalue weighted by atomic mass is 16.5. The number of aliphatic hydroxyl groups is 1. The van der Waals surface area contributed by atoms with Gasteiger partial charge in [-0.1, -0.05) is 23.8 Å². The molecule has 172 valence electrons. The van der Waals surface area contributed by atoms with E-state index in [0.717, 1.165) is 16.7 Å². The molecular weight excluding hydrogens is 424 g/mol. The Kier molecular flexibility index (Phi) is 6.06. The molecule has 9 heteroatoms. The number of ether oxygens (including phenoxy) is 2. The Morgan fingerprint density at radius 2 is 1.73 bits per heavy atom. The van der Waals surface area contributed by atoms with Gasteiger partial charge in [0.05, 0.1) is 6.54 Å². The molecule has 0 aliphatic rings. The van der Waals surface area contributed by atoms with Crippen LogP contribution >= 0.6 is 0 Å². The van der Waals surface area contributed by atoms with E-state index in [1.54, 1.807) is 12.1 Å². The van der Waals surface area contributed by atoms with Crippen LogP contribution in [0.25, 0.3) is 11.2 Å². The van der Waals surface area contributed by atoms with E-state index >= 15 is 0 Å². The van der Waals surface area contributed by atoms with E-state index in [1.807, 2.05) is 51.1 Å². The van der Waals surface area contributed by atoms with E-state index < -0.39 is 17.4 Å². The third-order valence-electron chi connectivity index (χ3n) is 5.52. The van der Waals surface area contributed by atoms with Crippen molar-refractivity contribution in [2.24, 2.45) is 7.05 Å². The maximum absolute atomic E-state index is 12.6. The maximum atomic E-state index is 12.6. The molecule has 2 aromatic carbocycles. The third kappa shape index (κ3) is 4.68. The summed E-state index contributed by atoms with van der Waals surface area (Å²) in [5, 5.41) is 10.7. The fraction of sp³-hybridized carbons (Fsp3) is 0.292. The molecule has 0 amide bonds. The Morgan fingerprint density at radius 1 is 1.03 bits per heavy atom. The number of hydrogen-bond donors (Lipinski definition) is 2. The first kappa shape index (κ1) is 22.3. The molecule has 0 radical (unpaired) electrons. The number of aliphatic hydroxyl groups excluding tert-OH is 1. The van der Waals surface area contributed by atoms with Crippen molar-refractivity contribution in [3.63, 3.8) is 0 Å².